The van der Waals surface area contributed by atoms with Crippen LogP contribution in [0.1, 0.15) is 45.4 Å². The highest BCUT2D eigenvalue weighted by Crippen LogP contribution is 2.09. The van der Waals surface area contributed by atoms with Crippen LogP contribution in [-0.2, 0) is 9.84 Å². The molecule has 24 heavy (non-hydrogen) atoms. The van der Waals surface area contributed by atoms with E-state index >= 15 is 0 Å². The molecule has 0 aliphatic rings. The number of hydrogen-bond acceptors (Lipinski definition) is 3. The van der Waals surface area contributed by atoms with Crippen LogP contribution < -0.4 is 11.1 Å². The molecule has 0 fully saturated rings. The maximum atomic E-state index is 12.1. The van der Waals surface area contributed by atoms with E-state index in [1.54, 1.807) is 30.3 Å². The summed E-state index contributed by atoms with van der Waals surface area (Å²) >= 11 is 0. The topological polar surface area (TPSA) is 84.5 Å². The molecule has 0 aliphatic heterocycles. The van der Waals surface area contributed by atoms with Crippen LogP contribution in [0.25, 0.3) is 0 Å². The van der Waals surface area contributed by atoms with Gasteiger partial charge in [0.15, 0.2) is 15.8 Å². The second-order valence-corrected chi connectivity index (χ2v) is 7.70. The zero-order valence-corrected chi connectivity index (χ0v) is 17.6. The van der Waals surface area contributed by atoms with Gasteiger partial charge in [-0.15, -0.1) is 24.0 Å². The van der Waals surface area contributed by atoms with E-state index in [-0.39, 0.29) is 36.3 Å². The third-order valence-corrected chi connectivity index (χ3v) is 5.31. The van der Waals surface area contributed by atoms with Crippen LogP contribution in [0.3, 0.4) is 0 Å². The molecule has 0 heterocycles. The summed E-state index contributed by atoms with van der Waals surface area (Å²) in [7, 11) is -3.27. The number of guanidine groups is 1. The third-order valence-electron chi connectivity index (χ3n) is 3.57. The molecular weight excluding hydrogens is 437 g/mol. The maximum absolute atomic E-state index is 12.1. The molecule has 138 valence electrons. The number of nitrogens with two attached hydrogens (primary N) is 1. The van der Waals surface area contributed by atoms with E-state index in [0.717, 1.165) is 6.42 Å². The number of rotatable bonds is 11. The molecule has 1 aromatic carbocycles. The smallest absolute Gasteiger partial charge is 0.188 e. The number of unbranched alkanes of at least 4 members (excludes halogenated alkanes) is 5. The van der Waals surface area contributed by atoms with Gasteiger partial charge in [0.25, 0.3) is 0 Å². The molecule has 3 N–H and O–H groups in total. The van der Waals surface area contributed by atoms with Crippen molar-refractivity contribution >= 4 is 39.8 Å². The van der Waals surface area contributed by atoms with Gasteiger partial charge in [-0.1, -0.05) is 57.2 Å². The number of sulfone groups is 1. The number of hydrogen-bond donors (Lipinski definition) is 2. The zero-order valence-electron chi connectivity index (χ0n) is 14.4. The molecule has 0 saturated heterocycles. The second-order valence-electron chi connectivity index (χ2n) is 5.59. The highest BCUT2D eigenvalue weighted by atomic mass is 127. The predicted octanol–water partition coefficient (Wildman–Crippen LogP) is 3.34. The van der Waals surface area contributed by atoms with Crippen molar-refractivity contribution in [3.8, 4) is 0 Å². The van der Waals surface area contributed by atoms with Crippen molar-refractivity contribution in [2.24, 2.45) is 10.7 Å². The summed E-state index contributed by atoms with van der Waals surface area (Å²) in [6.07, 6.45) is 7.26. The first-order chi connectivity index (χ1) is 11.1. The van der Waals surface area contributed by atoms with Gasteiger partial charge in [0.2, 0.25) is 0 Å². The molecule has 0 unspecified atom stereocenters. The summed E-state index contributed by atoms with van der Waals surface area (Å²) in [6.45, 7) is 3.16. The van der Waals surface area contributed by atoms with Crippen LogP contribution in [0.15, 0.2) is 40.2 Å². The fourth-order valence-electron chi connectivity index (χ4n) is 2.21. The number of halogens is 1. The SMILES string of the molecule is CCCCCCCCN=C(N)NCCS(=O)(=O)c1ccccc1.I. The van der Waals surface area contributed by atoms with Crippen molar-refractivity contribution < 1.29 is 8.42 Å². The number of nitrogens with zero attached hydrogens (tertiary/aromatic N) is 1. The van der Waals surface area contributed by atoms with Gasteiger partial charge in [0.1, 0.15) is 0 Å². The van der Waals surface area contributed by atoms with Gasteiger partial charge in [0.05, 0.1) is 10.6 Å². The summed E-state index contributed by atoms with van der Waals surface area (Å²) in [5.41, 5.74) is 5.75. The zero-order chi connectivity index (χ0) is 17.0. The molecule has 0 amide bonds. The first-order valence-corrected chi connectivity index (χ1v) is 10.0. The van der Waals surface area contributed by atoms with Crippen molar-refractivity contribution in [1.82, 2.24) is 5.32 Å². The summed E-state index contributed by atoms with van der Waals surface area (Å²) in [4.78, 5) is 4.56. The summed E-state index contributed by atoms with van der Waals surface area (Å²) in [5, 5.41) is 2.87. The Morgan fingerprint density at radius 3 is 2.38 bits per heavy atom. The average Bonchev–Trinajstić information content (AvgIpc) is 2.54. The summed E-state index contributed by atoms with van der Waals surface area (Å²) in [6, 6.07) is 8.44. The summed E-state index contributed by atoms with van der Waals surface area (Å²) in [5.74, 6) is 0.325. The molecule has 1 aromatic rings. The minimum Gasteiger partial charge on any atom is -0.370 e. The fraction of sp³-hybridized carbons (Fsp3) is 0.588. The van der Waals surface area contributed by atoms with Crippen LogP contribution in [0, 0.1) is 0 Å². The molecule has 0 spiro atoms. The van der Waals surface area contributed by atoms with Crippen LogP contribution in [-0.4, -0.2) is 33.2 Å². The third kappa shape index (κ3) is 10.1. The van der Waals surface area contributed by atoms with Gasteiger partial charge < -0.3 is 11.1 Å². The van der Waals surface area contributed by atoms with Crippen molar-refractivity contribution in [2.75, 3.05) is 18.8 Å². The van der Waals surface area contributed by atoms with Crippen molar-refractivity contribution in [3.05, 3.63) is 30.3 Å². The van der Waals surface area contributed by atoms with E-state index in [1.807, 2.05) is 0 Å². The van der Waals surface area contributed by atoms with E-state index in [9.17, 15) is 8.42 Å². The van der Waals surface area contributed by atoms with E-state index in [0.29, 0.717) is 17.4 Å². The Morgan fingerprint density at radius 2 is 1.71 bits per heavy atom. The van der Waals surface area contributed by atoms with Crippen LogP contribution in [0.2, 0.25) is 0 Å². The molecular formula is C17H30IN3O2S. The first-order valence-electron chi connectivity index (χ1n) is 8.38. The normalized spacial score (nSPS) is 11.8. The Morgan fingerprint density at radius 1 is 1.08 bits per heavy atom. The minimum atomic E-state index is -3.27. The molecule has 7 heteroatoms. The highest BCUT2D eigenvalue weighted by molar-refractivity contribution is 14.0. The van der Waals surface area contributed by atoms with E-state index in [1.165, 1.54) is 32.1 Å². The minimum absolute atomic E-state index is 0. The molecule has 0 radical (unpaired) electrons. The van der Waals surface area contributed by atoms with Crippen LogP contribution in [0.5, 0.6) is 0 Å². The molecule has 0 aliphatic carbocycles. The van der Waals surface area contributed by atoms with Crippen LogP contribution in [0.4, 0.5) is 0 Å². The Balaban J connectivity index is 0.00000529. The van der Waals surface area contributed by atoms with Gasteiger partial charge in [-0.3, -0.25) is 4.99 Å². The summed E-state index contributed by atoms with van der Waals surface area (Å²) < 4.78 is 24.2. The lowest BCUT2D eigenvalue weighted by atomic mass is 10.1. The molecule has 1 rings (SSSR count). The second kappa shape index (κ2) is 13.5. The fourth-order valence-corrected chi connectivity index (χ4v) is 3.38. The quantitative estimate of drug-likeness (QED) is 0.226. The lowest BCUT2D eigenvalue weighted by Gasteiger charge is -2.07. The maximum Gasteiger partial charge on any atom is 0.188 e. The van der Waals surface area contributed by atoms with E-state index in [2.05, 4.69) is 17.2 Å². The largest absolute Gasteiger partial charge is 0.370 e. The predicted molar refractivity (Wildman–Crippen MR) is 112 cm³/mol. The number of benzene rings is 1. The lowest BCUT2D eigenvalue weighted by Crippen LogP contribution is -2.35. The monoisotopic (exact) mass is 467 g/mol. The Bertz CT molecular complexity index is 562. The molecule has 5 nitrogen and oxygen atoms in total. The van der Waals surface area contributed by atoms with Gasteiger partial charge in [-0.2, -0.15) is 0 Å². The van der Waals surface area contributed by atoms with Gasteiger partial charge in [-0.25, -0.2) is 8.42 Å². The van der Waals surface area contributed by atoms with Crippen molar-refractivity contribution in [3.63, 3.8) is 0 Å². The van der Waals surface area contributed by atoms with Crippen molar-refractivity contribution in [2.45, 2.75) is 50.3 Å². The van der Waals surface area contributed by atoms with Gasteiger partial charge in [-0.05, 0) is 18.6 Å². The van der Waals surface area contributed by atoms with Gasteiger partial charge >= 0.3 is 0 Å². The Kier molecular flexibility index (Phi) is 13.0. The van der Waals surface area contributed by atoms with E-state index < -0.39 is 9.84 Å². The first kappa shape index (κ1) is 23.2. The average molecular weight is 467 g/mol. The molecule has 0 aromatic heterocycles. The Hall–Kier alpha value is -0.830. The molecule has 0 saturated carbocycles. The number of nitrogens with one attached hydrogen (secondary N) is 1. The van der Waals surface area contributed by atoms with Gasteiger partial charge in [0, 0.05) is 13.1 Å². The van der Waals surface area contributed by atoms with E-state index in [4.69, 9.17) is 5.73 Å². The molecule has 0 atom stereocenters. The lowest BCUT2D eigenvalue weighted by molar-refractivity contribution is 0.594. The number of aliphatic imine (C=N–C) groups is 1. The Labute approximate surface area is 163 Å². The molecule has 0 bridgehead atoms. The van der Waals surface area contributed by atoms with Crippen molar-refractivity contribution in [1.29, 1.82) is 0 Å². The standard InChI is InChI=1S/C17H29N3O2S.HI/c1-2-3-4-5-6-10-13-19-17(18)20-14-15-23(21,22)16-11-8-7-9-12-16;/h7-9,11-12H,2-6,10,13-15H2,1H3,(H3,18,19,20);1H. The highest BCUT2D eigenvalue weighted by Gasteiger charge is 2.13. The van der Waals surface area contributed by atoms with Crippen LogP contribution >= 0.6 is 24.0 Å².